The summed E-state index contributed by atoms with van der Waals surface area (Å²) in [7, 11) is 0. The Balaban J connectivity index is 2.74. The summed E-state index contributed by atoms with van der Waals surface area (Å²) in [4.78, 5) is 11.4. The van der Waals surface area contributed by atoms with Gasteiger partial charge < -0.3 is 5.32 Å². The molecule has 0 radical (unpaired) electrons. The lowest BCUT2D eigenvalue weighted by molar-refractivity contribution is 0.0946. The highest BCUT2D eigenvalue weighted by molar-refractivity contribution is 5.94. The lowest BCUT2D eigenvalue weighted by atomic mass is 10.1. The number of benzene rings is 1. The summed E-state index contributed by atoms with van der Waals surface area (Å²) in [5.41, 5.74) is -0.356. The molecule has 1 unspecified atom stereocenters. The van der Waals surface area contributed by atoms with Gasteiger partial charge >= 0.3 is 0 Å². The van der Waals surface area contributed by atoms with Crippen molar-refractivity contribution in [2.45, 2.75) is 6.92 Å². The van der Waals surface area contributed by atoms with E-state index < -0.39 is 17.5 Å². The molecule has 1 rings (SSSR count). The zero-order chi connectivity index (χ0) is 12.1. The molecule has 0 fully saturated rings. The number of nitrogens with one attached hydrogen (secondary N) is 1. The van der Waals surface area contributed by atoms with Crippen LogP contribution in [0.1, 0.15) is 17.3 Å². The molecule has 1 atom stereocenters. The van der Waals surface area contributed by atoms with Crippen LogP contribution in [0.25, 0.3) is 0 Å². The largest absolute Gasteiger partial charge is 0.351 e. The first kappa shape index (κ1) is 12.1. The summed E-state index contributed by atoms with van der Waals surface area (Å²) < 4.78 is 25.9. The molecule has 0 aliphatic carbocycles. The Bertz CT molecular complexity index is 440. The Kier molecular flexibility index (Phi) is 3.95. The van der Waals surface area contributed by atoms with Gasteiger partial charge in [0.2, 0.25) is 0 Å². The van der Waals surface area contributed by atoms with Gasteiger partial charge in [-0.2, -0.15) is 5.26 Å². The predicted octanol–water partition coefficient (Wildman–Crippen LogP) is 1.85. The van der Waals surface area contributed by atoms with Crippen molar-refractivity contribution in [2.24, 2.45) is 5.92 Å². The van der Waals surface area contributed by atoms with Crippen molar-refractivity contribution in [3.63, 3.8) is 0 Å². The van der Waals surface area contributed by atoms with E-state index in [0.29, 0.717) is 0 Å². The molecule has 3 nitrogen and oxygen atoms in total. The highest BCUT2D eigenvalue weighted by Gasteiger charge is 2.13. The standard InChI is InChI=1S/C11H10F2N2O/c1-7(5-14)6-15-11(16)9-4-8(12)2-3-10(9)13/h2-4,7H,6H2,1H3,(H,15,16). The summed E-state index contributed by atoms with van der Waals surface area (Å²) in [5.74, 6) is -2.57. The monoisotopic (exact) mass is 224 g/mol. The van der Waals surface area contributed by atoms with E-state index in [-0.39, 0.29) is 18.0 Å². The van der Waals surface area contributed by atoms with E-state index >= 15 is 0 Å². The zero-order valence-electron chi connectivity index (χ0n) is 8.63. The van der Waals surface area contributed by atoms with Gasteiger partial charge in [0.1, 0.15) is 11.6 Å². The fourth-order valence-electron chi connectivity index (χ4n) is 1.06. The highest BCUT2D eigenvalue weighted by atomic mass is 19.1. The molecule has 0 aliphatic rings. The van der Waals surface area contributed by atoms with Crippen molar-refractivity contribution in [3.8, 4) is 6.07 Å². The second-order valence-electron chi connectivity index (χ2n) is 3.36. The van der Waals surface area contributed by atoms with Crippen LogP contribution in [0, 0.1) is 28.9 Å². The minimum Gasteiger partial charge on any atom is -0.351 e. The number of carbonyl (C=O) groups excluding carboxylic acids is 1. The van der Waals surface area contributed by atoms with Crippen LogP contribution in [-0.4, -0.2) is 12.5 Å². The quantitative estimate of drug-likeness (QED) is 0.851. The molecule has 84 valence electrons. The molecule has 0 heterocycles. The van der Waals surface area contributed by atoms with E-state index in [1.54, 1.807) is 6.92 Å². The van der Waals surface area contributed by atoms with Crippen molar-refractivity contribution in [3.05, 3.63) is 35.4 Å². The van der Waals surface area contributed by atoms with Gasteiger partial charge in [-0.25, -0.2) is 8.78 Å². The number of rotatable bonds is 3. The van der Waals surface area contributed by atoms with E-state index in [1.165, 1.54) is 0 Å². The normalized spacial score (nSPS) is 11.6. The van der Waals surface area contributed by atoms with Crippen LogP contribution in [0.4, 0.5) is 8.78 Å². The summed E-state index contributed by atoms with van der Waals surface area (Å²) in [6.45, 7) is 1.72. The Labute approximate surface area is 91.7 Å². The van der Waals surface area contributed by atoms with Crippen molar-refractivity contribution in [2.75, 3.05) is 6.54 Å². The molecule has 0 spiro atoms. The topological polar surface area (TPSA) is 52.9 Å². The van der Waals surface area contributed by atoms with E-state index in [4.69, 9.17) is 5.26 Å². The molecule has 0 saturated heterocycles. The van der Waals surface area contributed by atoms with E-state index in [2.05, 4.69) is 5.32 Å². The van der Waals surface area contributed by atoms with Crippen molar-refractivity contribution < 1.29 is 13.6 Å². The molecule has 16 heavy (non-hydrogen) atoms. The summed E-state index contributed by atoms with van der Waals surface area (Å²) >= 11 is 0. The Morgan fingerprint density at radius 2 is 2.25 bits per heavy atom. The first-order valence-electron chi connectivity index (χ1n) is 4.67. The molecule has 0 aliphatic heterocycles. The lowest BCUT2D eigenvalue weighted by Gasteiger charge is -2.06. The van der Waals surface area contributed by atoms with Gasteiger partial charge in [-0.15, -0.1) is 0 Å². The van der Waals surface area contributed by atoms with Crippen LogP contribution in [0.15, 0.2) is 18.2 Å². The SMILES string of the molecule is CC(C#N)CNC(=O)c1cc(F)ccc1F. The smallest absolute Gasteiger partial charge is 0.254 e. The third kappa shape index (κ3) is 3.02. The zero-order valence-corrected chi connectivity index (χ0v) is 8.63. The number of hydrogen-bond donors (Lipinski definition) is 1. The molecule has 0 bridgehead atoms. The second-order valence-corrected chi connectivity index (χ2v) is 3.36. The Morgan fingerprint density at radius 1 is 1.56 bits per heavy atom. The number of halogens is 2. The van der Waals surface area contributed by atoms with Crippen molar-refractivity contribution in [1.29, 1.82) is 5.26 Å². The van der Waals surface area contributed by atoms with Gasteiger partial charge in [0.25, 0.3) is 5.91 Å². The molecule has 1 amide bonds. The molecule has 1 N–H and O–H groups in total. The predicted molar refractivity (Wildman–Crippen MR) is 53.5 cm³/mol. The minimum absolute atomic E-state index is 0.102. The molecule has 1 aromatic carbocycles. The van der Waals surface area contributed by atoms with Crippen LogP contribution < -0.4 is 5.32 Å². The molecular formula is C11H10F2N2O. The third-order valence-electron chi connectivity index (χ3n) is 1.96. The number of carbonyl (C=O) groups is 1. The highest BCUT2D eigenvalue weighted by Crippen LogP contribution is 2.09. The summed E-state index contributed by atoms with van der Waals surface area (Å²) in [6.07, 6.45) is 0. The summed E-state index contributed by atoms with van der Waals surface area (Å²) in [6, 6.07) is 4.56. The van der Waals surface area contributed by atoms with Gasteiger partial charge in [-0.3, -0.25) is 4.79 Å². The second kappa shape index (κ2) is 5.21. The first-order valence-corrected chi connectivity index (χ1v) is 4.67. The van der Waals surface area contributed by atoms with Gasteiger partial charge in [0, 0.05) is 6.54 Å². The number of nitriles is 1. The fraction of sp³-hybridized carbons (Fsp3) is 0.273. The van der Waals surface area contributed by atoms with Crippen LogP contribution in [-0.2, 0) is 0 Å². The third-order valence-corrected chi connectivity index (χ3v) is 1.96. The maximum Gasteiger partial charge on any atom is 0.254 e. The van der Waals surface area contributed by atoms with E-state index in [1.807, 2.05) is 6.07 Å². The van der Waals surface area contributed by atoms with Gasteiger partial charge in [0.05, 0.1) is 17.6 Å². The Hall–Kier alpha value is -1.96. The van der Waals surface area contributed by atoms with Gasteiger partial charge in [0.15, 0.2) is 0 Å². The molecule has 5 heteroatoms. The minimum atomic E-state index is -0.788. The number of nitrogens with zero attached hydrogens (tertiary/aromatic N) is 1. The van der Waals surface area contributed by atoms with E-state index in [0.717, 1.165) is 18.2 Å². The van der Waals surface area contributed by atoms with Gasteiger partial charge in [-0.1, -0.05) is 0 Å². The maximum atomic E-state index is 13.1. The van der Waals surface area contributed by atoms with E-state index in [9.17, 15) is 13.6 Å². The van der Waals surface area contributed by atoms with Crippen LogP contribution in [0.5, 0.6) is 0 Å². The average Bonchev–Trinajstić information content (AvgIpc) is 2.28. The van der Waals surface area contributed by atoms with Crippen LogP contribution in [0.3, 0.4) is 0 Å². The lowest BCUT2D eigenvalue weighted by Crippen LogP contribution is -2.28. The Morgan fingerprint density at radius 3 is 2.88 bits per heavy atom. The van der Waals surface area contributed by atoms with Crippen molar-refractivity contribution in [1.82, 2.24) is 5.32 Å². The molecule has 0 aromatic heterocycles. The fourth-order valence-corrected chi connectivity index (χ4v) is 1.06. The molecular weight excluding hydrogens is 214 g/mol. The van der Waals surface area contributed by atoms with Crippen LogP contribution in [0.2, 0.25) is 0 Å². The molecule has 0 saturated carbocycles. The number of amides is 1. The first-order chi connectivity index (χ1) is 7.54. The average molecular weight is 224 g/mol. The maximum absolute atomic E-state index is 13.1. The summed E-state index contributed by atoms with van der Waals surface area (Å²) in [5, 5.41) is 10.8. The van der Waals surface area contributed by atoms with Crippen molar-refractivity contribution >= 4 is 5.91 Å². The van der Waals surface area contributed by atoms with Crippen LogP contribution >= 0.6 is 0 Å². The van der Waals surface area contributed by atoms with Gasteiger partial charge in [-0.05, 0) is 25.1 Å². The molecule has 1 aromatic rings. The number of hydrogen-bond acceptors (Lipinski definition) is 2.